The van der Waals surface area contributed by atoms with Gasteiger partial charge in [0, 0.05) is 55.8 Å². The molecule has 16 rings (SSSR count). The van der Waals surface area contributed by atoms with Crippen molar-refractivity contribution in [2.45, 2.75) is 78.6 Å². The van der Waals surface area contributed by atoms with Crippen LogP contribution in [0.2, 0.25) is 0 Å². The quantitative estimate of drug-likeness (QED) is 0.133. The van der Waals surface area contributed by atoms with Gasteiger partial charge in [0.05, 0.1) is 39.1 Å². The minimum Gasteiger partial charge on any atom is -0.310 e. The monoisotopic (exact) mass is 1220 g/mol. The van der Waals surface area contributed by atoms with Gasteiger partial charge in [-0.25, -0.2) is 0 Å². The molecule has 1 aromatic heterocycles. The van der Waals surface area contributed by atoms with Crippen molar-refractivity contribution in [3.05, 3.63) is 314 Å². The van der Waals surface area contributed by atoms with Gasteiger partial charge >= 0.3 is 0 Å². The molecule has 3 nitrogen and oxygen atoms in total. The summed E-state index contributed by atoms with van der Waals surface area (Å²) in [7, 11) is 0. The summed E-state index contributed by atoms with van der Waals surface area (Å²) in [5.41, 5.74) is 23.8. The lowest BCUT2D eigenvalue weighted by atomic mass is 9.33. The number of rotatable bonds is 9. The Morgan fingerprint density at radius 3 is 1.12 bits per heavy atom. The molecule has 2 aliphatic rings. The lowest BCUT2D eigenvalue weighted by molar-refractivity contribution is 0.569. The van der Waals surface area contributed by atoms with Gasteiger partial charge < -0.3 is 14.4 Å². The zero-order valence-electron chi connectivity index (χ0n) is 62.6. The Labute approximate surface area is 566 Å². The van der Waals surface area contributed by atoms with E-state index in [2.05, 4.69) is 297 Å². The largest absolute Gasteiger partial charge is 0.310 e. The molecule has 0 amide bonds. The smallest absolute Gasteiger partial charge is 0.252 e. The van der Waals surface area contributed by atoms with Gasteiger partial charge in [-0.2, -0.15) is 0 Å². The van der Waals surface area contributed by atoms with Gasteiger partial charge in [-0.1, -0.05) is 323 Å². The van der Waals surface area contributed by atoms with E-state index in [0.29, 0.717) is 5.69 Å². The average Bonchev–Trinajstić information content (AvgIpc) is 0.982. The second kappa shape index (κ2) is 22.6. The maximum atomic E-state index is 10.0. The molecule has 94 heavy (non-hydrogen) atoms. The third-order valence-electron chi connectivity index (χ3n) is 19.2. The van der Waals surface area contributed by atoms with Crippen molar-refractivity contribution in [2.24, 2.45) is 0 Å². The third-order valence-corrected chi connectivity index (χ3v) is 19.2. The highest BCUT2D eigenvalue weighted by Gasteiger charge is 2.46. The highest BCUT2D eigenvalue weighted by Crippen LogP contribution is 2.54. The number of para-hydroxylation sites is 4. The van der Waals surface area contributed by atoms with E-state index in [4.69, 9.17) is 0 Å². The fourth-order valence-corrected chi connectivity index (χ4v) is 14.6. The van der Waals surface area contributed by atoms with Crippen LogP contribution in [0.1, 0.15) is 90.0 Å². The first-order valence-electron chi connectivity index (χ1n) is 36.7. The summed E-state index contributed by atoms with van der Waals surface area (Å²) in [4.78, 5) is 4.85. The molecule has 0 saturated heterocycles. The molecule has 0 atom stereocenters. The van der Waals surface area contributed by atoms with Crippen molar-refractivity contribution in [1.29, 1.82) is 0 Å². The summed E-state index contributed by atoms with van der Waals surface area (Å²) in [6.45, 7) is 20.0. The second-order valence-electron chi connectivity index (χ2n) is 28.3. The number of aromatic nitrogens is 1. The predicted molar refractivity (Wildman–Crippen MR) is 404 cm³/mol. The summed E-state index contributed by atoms with van der Waals surface area (Å²) in [5.74, 6) is 0. The van der Waals surface area contributed by atoms with Crippen LogP contribution in [0.4, 0.5) is 34.1 Å². The van der Waals surface area contributed by atoms with Crippen molar-refractivity contribution in [3.63, 3.8) is 0 Å². The summed E-state index contributed by atoms with van der Waals surface area (Å²) >= 11 is 0. The van der Waals surface area contributed by atoms with Gasteiger partial charge in [-0.05, 0) is 130 Å². The molecular formula is C90H76BN3. The lowest BCUT2D eigenvalue weighted by Crippen LogP contribution is -2.61. The van der Waals surface area contributed by atoms with E-state index in [9.17, 15) is 11.0 Å². The molecule has 2 aliphatic heterocycles. The topological polar surface area (TPSA) is 11.4 Å². The van der Waals surface area contributed by atoms with Gasteiger partial charge in [-0.15, -0.1) is 0 Å². The summed E-state index contributed by atoms with van der Waals surface area (Å²) in [6.07, 6.45) is 0. The highest BCUT2D eigenvalue weighted by molar-refractivity contribution is 7.00. The van der Waals surface area contributed by atoms with Crippen LogP contribution in [0.15, 0.2) is 297 Å². The summed E-state index contributed by atoms with van der Waals surface area (Å²) < 4.78 is 78.5. The van der Waals surface area contributed by atoms with Crippen LogP contribution in [-0.2, 0) is 16.2 Å². The number of hydrogen-bond acceptors (Lipinski definition) is 2. The molecule has 0 radical (unpaired) electrons. The van der Waals surface area contributed by atoms with Gasteiger partial charge in [0.1, 0.15) is 0 Å². The number of hydrogen-bond donors (Lipinski definition) is 0. The molecule has 3 heterocycles. The minimum absolute atomic E-state index is 0.000959. The lowest BCUT2D eigenvalue weighted by Gasteiger charge is -2.46. The Bertz CT molecular complexity index is 5510. The van der Waals surface area contributed by atoms with Crippen molar-refractivity contribution in [3.8, 4) is 72.4 Å². The molecule has 0 N–H and O–H groups in total. The maximum Gasteiger partial charge on any atom is 0.252 e. The molecule has 0 spiro atoms. The van der Waals surface area contributed by atoms with Crippen molar-refractivity contribution in [1.82, 2.24) is 4.57 Å². The highest BCUT2D eigenvalue weighted by atomic mass is 15.2. The Morgan fingerprint density at radius 2 is 0.691 bits per heavy atom. The Hall–Kier alpha value is -10.7. The van der Waals surface area contributed by atoms with Gasteiger partial charge in [0.2, 0.25) is 0 Å². The van der Waals surface area contributed by atoms with E-state index in [-0.39, 0.29) is 50.1 Å². The Morgan fingerprint density at radius 1 is 0.309 bits per heavy atom. The zero-order chi connectivity index (χ0) is 71.2. The molecular weight excluding hydrogens is 1130 g/mol. The molecule has 0 fully saturated rings. The average molecular weight is 1220 g/mol. The number of fused-ring (bicyclic) bond motifs is 7. The molecule has 0 unspecified atom stereocenters. The molecule has 0 bridgehead atoms. The van der Waals surface area contributed by atoms with Crippen LogP contribution in [0.25, 0.3) is 94.3 Å². The first-order valence-corrected chi connectivity index (χ1v) is 32.7. The summed E-state index contributed by atoms with van der Waals surface area (Å²) in [5, 5.41) is -0.00192. The van der Waals surface area contributed by atoms with E-state index in [1.54, 1.807) is 4.57 Å². The third kappa shape index (κ3) is 9.89. The van der Waals surface area contributed by atoms with E-state index >= 15 is 0 Å². The van der Waals surface area contributed by atoms with E-state index in [1.165, 1.54) is 16.7 Å². The van der Waals surface area contributed by atoms with Crippen LogP contribution in [0.5, 0.6) is 0 Å². The van der Waals surface area contributed by atoms with Crippen LogP contribution < -0.4 is 26.2 Å². The molecule has 0 saturated carbocycles. The first kappa shape index (κ1) is 50.0. The van der Waals surface area contributed by atoms with Crippen molar-refractivity contribution >= 4 is 79.0 Å². The van der Waals surface area contributed by atoms with E-state index in [1.807, 2.05) is 24.3 Å². The Kier molecular flexibility index (Phi) is 12.0. The van der Waals surface area contributed by atoms with E-state index in [0.717, 1.165) is 117 Å². The minimum atomic E-state index is -0.517. The SMILES string of the molecule is [2H]c1c([2H])c([2H])c2c(c1[2H])c1c([2H])c([2H])c([2H])c([2H])c1n2-c1cc2c3c(c1)N(c1c(-c4ccccc4)cccc1-c1ccccc1)c1ccc(-c4ccccc4C(C)(C)C)cc1B3c1cc(-c3cc(C(C)(C)C)cc(C(C)(C)C)c3)ccc1N2c1c(-c2ccccc2)cccc1-c1ccccc1. The van der Waals surface area contributed by atoms with Crippen LogP contribution in [0.3, 0.4) is 0 Å². The molecule has 13 aromatic carbocycles. The molecule has 4 heteroatoms. The molecule has 454 valence electrons. The molecule has 14 aromatic rings. The maximum absolute atomic E-state index is 10.0. The fourth-order valence-electron chi connectivity index (χ4n) is 14.6. The van der Waals surface area contributed by atoms with Gasteiger partial charge in [0.15, 0.2) is 0 Å². The van der Waals surface area contributed by atoms with E-state index < -0.39 is 43.0 Å². The van der Waals surface area contributed by atoms with Crippen LogP contribution >= 0.6 is 0 Å². The van der Waals surface area contributed by atoms with Crippen molar-refractivity contribution < 1.29 is 11.0 Å². The van der Waals surface area contributed by atoms with Crippen molar-refractivity contribution in [2.75, 3.05) is 9.80 Å². The zero-order valence-corrected chi connectivity index (χ0v) is 54.6. The second-order valence-corrected chi connectivity index (χ2v) is 28.3. The van der Waals surface area contributed by atoms with Gasteiger partial charge in [0.25, 0.3) is 6.71 Å². The standard InChI is InChI=1S/C90H76BN3/c1-88(2,3)66-52-65(53-67(56-66)89(4,5)6)63-48-50-81-77(54-63)91-78-55-64(69-38-22-25-45-76(69)90(7,8)9)49-51-82(78)94(87-72(61-34-18-12-19-35-61)43-29-44-73(87)62-36-20-13-21-37-62)84-58-68(92-79-46-26-23-39-74(79)75-40-24-27-47-80(75)92)57-83(85(84)91)93(81)86-70(59-30-14-10-15-31-59)41-28-42-71(86)60-32-16-11-17-33-60/h10-58H,1-9H3/i23D,24D,26D,27D,39D,40D,46D,47D. The number of benzene rings is 13. The Balaban J connectivity index is 1.16. The number of anilines is 6. The normalized spacial score (nSPS) is 14.1. The fraction of sp³-hybridized carbons (Fsp3) is 0.133. The van der Waals surface area contributed by atoms with Crippen LogP contribution in [-0.4, -0.2) is 11.3 Å². The number of nitrogens with zero attached hydrogens (tertiary/aromatic N) is 3. The summed E-state index contributed by atoms with van der Waals surface area (Å²) in [6, 6.07) is 85.6. The molecule has 0 aliphatic carbocycles. The van der Waals surface area contributed by atoms with Gasteiger partial charge in [-0.3, -0.25) is 0 Å². The predicted octanol–water partition coefficient (Wildman–Crippen LogP) is 22.8. The van der Waals surface area contributed by atoms with Crippen LogP contribution in [0, 0.1) is 0 Å². The first-order chi connectivity index (χ1) is 48.9.